The maximum atomic E-state index is 12.7. The van der Waals surface area contributed by atoms with Gasteiger partial charge in [0, 0.05) is 28.5 Å². The molecule has 0 aliphatic heterocycles. The van der Waals surface area contributed by atoms with Gasteiger partial charge in [0.1, 0.15) is 5.56 Å². The molecule has 0 spiro atoms. The van der Waals surface area contributed by atoms with Gasteiger partial charge < -0.3 is 14.2 Å². The summed E-state index contributed by atoms with van der Waals surface area (Å²) in [4.78, 5) is 29.4. The summed E-state index contributed by atoms with van der Waals surface area (Å²) in [7, 11) is 2.92. The molecule has 0 fully saturated rings. The van der Waals surface area contributed by atoms with E-state index < -0.39 is 5.97 Å². The van der Waals surface area contributed by atoms with Gasteiger partial charge in [-0.2, -0.15) is 0 Å². The normalized spacial score (nSPS) is 10.6. The Morgan fingerprint density at radius 2 is 1.93 bits per heavy atom. The number of methoxy groups -OCH3 is 2. The Kier molecular flexibility index (Phi) is 5.79. The lowest BCUT2D eigenvalue weighted by Gasteiger charge is -2.12. The van der Waals surface area contributed by atoms with E-state index >= 15 is 0 Å². The van der Waals surface area contributed by atoms with Crippen LogP contribution in [0.4, 0.5) is 0 Å². The molecular formula is C20H20N2O5S. The molecule has 0 atom stereocenters. The van der Waals surface area contributed by atoms with Crippen LogP contribution in [0.1, 0.15) is 32.1 Å². The molecule has 8 heteroatoms. The third-order valence-electron chi connectivity index (χ3n) is 4.30. The predicted octanol–water partition coefficient (Wildman–Crippen LogP) is 3.61. The Bertz CT molecular complexity index is 1010. The third kappa shape index (κ3) is 3.63. The molecule has 0 N–H and O–H groups in total. The number of hydrogen-bond acceptors (Lipinski definition) is 7. The minimum absolute atomic E-state index is 0.197. The number of esters is 1. The van der Waals surface area contributed by atoms with Crippen molar-refractivity contribution in [3.05, 3.63) is 58.4 Å². The largest absolute Gasteiger partial charge is 0.493 e. The Morgan fingerprint density at radius 3 is 2.57 bits per heavy atom. The second kappa shape index (κ2) is 8.26. The Hall–Kier alpha value is -3.13. The molecule has 7 nitrogen and oxygen atoms in total. The Morgan fingerprint density at radius 1 is 1.14 bits per heavy atom. The number of aromatic nitrogens is 2. The zero-order valence-corrected chi connectivity index (χ0v) is 16.8. The quantitative estimate of drug-likeness (QED) is 0.445. The second-order valence-corrected chi connectivity index (χ2v) is 6.85. The minimum atomic E-state index is -0.655. The van der Waals surface area contributed by atoms with E-state index in [4.69, 9.17) is 14.2 Å². The highest BCUT2D eigenvalue weighted by molar-refractivity contribution is 7.12. The van der Waals surface area contributed by atoms with Crippen LogP contribution in [-0.2, 0) is 4.74 Å². The first-order chi connectivity index (χ1) is 13.5. The average Bonchev–Trinajstić information content (AvgIpc) is 3.32. The highest BCUT2D eigenvalue weighted by Gasteiger charge is 2.22. The zero-order valence-electron chi connectivity index (χ0n) is 16.0. The van der Waals surface area contributed by atoms with Crippen LogP contribution in [0.2, 0.25) is 0 Å². The summed E-state index contributed by atoms with van der Waals surface area (Å²) in [5.41, 5.74) is 2.34. The zero-order chi connectivity index (χ0) is 20.3. The van der Waals surface area contributed by atoms with Crippen LogP contribution in [0.15, 0.2) is 35.8 Å². The highest BCUT2D eigenvalue weighted by atomic mass is 32.1. The van der Waals surface area contributed by atoms with Crippen LogP contribution < -0.4 is 9.47 Å². The molecule has 2 heterocycles. The molecule has 0 aliphatic carbocycles. The SMILES string of the molecule is COc1cccc(C(=O)OCC(=O)c2cc(C)n(-c3nccs3)c2C)c1OC. The highest BCUT2D eigenvalue weighted by Crippen LogP contribution is 2.31. The van der Waals surface area contributed by atoms with Gasteiger partial charge in [-0.25, -0.2) is 9.78 Å². The molecule has 0 saturated carbocycles. The lowest BCUT2D eigenvalue weighted by atomic mass is 10.1. The smallest absolute Gasteiger partial charge is 0.342 e. The van der Waals surface area contributed by atoms with Crippen molar-refractivity contribution >= 4 is 23.1 Å². The molecule has 3 rings (SSSR count). The summed E-state index contributed by atoms with van der Waals surface area (Å²) < 4.78 is 17.6. The van der Waals surface area contributed by atoms with Crippen molar-refractivity contribution in [3.8, 4) is 16.6 Å². The predicted molar refractivity (Wildman–Crippen MR) is 105 cm³/mol. The van der Waals surface area contributed by atoms with Crippen molar-refractivity contribution in [2.45, 2.75) is 13.8 Å². The van der Waals surface area contributed by atoms with Crippen LogP contribution in [0.5, 0.6) is 11.5 Å². The van der Waals surface area contributed by atoms with Crippen molar-refractivity contribution in [2.75, 3.05) is 20.8 Å². The summed E-state index contributed by atoms with van der Waals surface area (Å²) in [5.74, 6) is -0.261. The van der Waals surface area contributed by atoms with Gasteiger partial charge in [0.25, 0.3) is 0 Å². The molecular weight excluding hydrogens is 380 g/mol. The summed E-state index contributed by atoms with van der Waals surface area (Å²) in [5, 5.41) is 2.66. The van der Waals surface area contributed by atoms with Crippen molar-refractivity contribution in [1.29, 1.82) is 0 Å². The molecule has 0 bridgehead atoms. The fourth-order valence-electron chi connectivity index (χ4n) is 3.00. The molecule has 0 aliphatic rings. The van der Waals surface area contributed by atoms with E-state index in [1.165, 1.54) is 25.6 Å². The number of Topliss-reactive ketones (excluding diaryl/α,β-unsaturated/α-hetero) is 1. The van der Waals surface area contributed by atoms with Crippen molar-refractivity contribution in [1.82, 2.24) is 9.55 Å². The van der Waals surface area contributed by atoms with E-state index in [0.29, 0.717) is 11.3 Å². The molecule has 146 valence electrons. The number of aryl methyl sites for hydroxylation is 1. The number of thiazole rings is 1. The fraction of sp³-hybridized carbons (Fsp3) is 0.250. The van der Waals surface area contributed by atoms with E-state index in [2.05, 4.69) is 4.98 Å². The maximum Gasteiger partial charge on any atom is 0.342 e. The third-order valence-corrected chi connectivity index (χ3v) is 5.06. The lowest BCUT2D eigenvalue weighted by molar-refractivity contribution is 0.0471. The number of carbonyl (C=O) groups is 2. The summed E-state index contributed by atoms with van der Waals surface area (Å²) in [6.45, 7) is 3.37. The van der Waals surface area contributed by atoms with Crippen LogP contribution in [-0.4, -0.2) is 42.1 Å². The lowest BCUT2D eigenvalue weighted by Crippen LogP contribution is -2.15. The van der Waals surface area contributed by atoms with E-state index in [0.717, 1.165) is 16.5 Å². The first kappa shape index (κ1) is 19.6. The minimum Gasteiger partial charge on any atom is -0.493 e. The van der Waals surface area contributed by atoms with E-state index in [1.54, 1.807) is 30.5 Å². The molecule has 0 saturated heterocycles. The van der Waals surface area contributed by atoms with Crippen molar-refractivity contribution < 1.29 is 23.8 Å². The van der Waals surface area contributed by atoms with E-state index in [1.807, 2.05) is 23.8 Å². The summed E-state index contributed by atoms with van der Waals surface area (Å²) in [6, 6.07) is 6.66. The van der Waals surface area contributed by atoms with Crippen LogP contribution in [0.25, 0.3) is 5.13 Å². The number of ketones is 1. The van der Waals surface area contributed by atoms with Gasteiger partial charge >= 0.3 is 5.97 Å². The number of hydrogen-bond donors (Lipinski definition) is 0. The molecule has 3 aromatic rings. The standard InChI is InChI=1S/C20H20N2O5S/c1-12-10-15(13(2)22(12)20-21-8-9-28-20)16(23)11-27-19(24)14-6-5-7-17(25-3)18(14)26-4/h5-10H,11H2,1-4H3. The fourth-order valence-corrected chi connectivity index (χ4v) is 3.75. The van der Waals surface area contributed by atoms with Crippen LogP contribution in [0, 0.1) is 13.8 Å². The van der Waals surface area contributed by atoms with Gasteiger partial charge in [-0.3, -0.25) is 9.36 Å². The van der Waals surface area contributed by atoms with Crippen molar-refractivity contribution in [3.63, 3.8) is 0 Å². The van der Waals surface area contributed by atoms with Gasteiger partial charge in [0.15, 0.2) is 23.2 Å². The molecule has 0 amide bonds. The molecule has 2 aromatic heterocycles. The number of carbonyl (C=O) groups excluding carboxylic acids is 2. The second-order valence-electron chi connectivity index (χ2n) is 5.98. The van der Waals surface area contributed by atoms with E-state index in [9.17, 15) is 9.59 Å². The van der Waals surface area contributed by atoms with E-state index in [-0.39, 0.29) is 23.7 Å². The van der Waals surface area contributed by atoms with Crippen molar-refractivity contribution in [2.24, 2.45) is 0 Å². The monoisotopic (exact) mass is 400 g/mol. The summed E-state index contributed by atoms with van der Waals surface area (Å²) in [6.07, 6.45) is 1.71. The van der Waals surface area contributed by atoms with Crippen LogP contribution >= 0.6 is 11.3 Å². The topological polar surface area (TPSA) is 79.7 Å². The van der Waals surface area contributed by atoms with Gasteiger partial charge in [0.2, 0.25) is 5.78 Å². The Labute approximate surface area is 166 Å². The maximum absolute atomic E-state index is 12.7. The first-order valence-corrected chi connectivity index (χ1v) is 9.36. The average molecular weight is 400 g/mol. The number of para-hydroxylation sites is 1. The summed E-state index contributed by atoms with van der Waals surface area (Å²) >= 11 is 1.48. The van der Waals surface area contributed by atoms with Crippen LogP contribution in [0.3, 0.4) is 0 Å². The molecule has 1 aromatic carbocycles. The van der Waals surface area contributed by atoms with Gasteiger partial charge in [0.05, 0.1) is 14.2 Å². The molecule has 0 unspecified atom stereocenters. The first-order valence-electron chi connectivity index (χ1n) is 8.48. The van der Waals surface area contributed by atoms with Gasteiger partial charge in [-0.1, -0.05) is 6.07 Å². The number of rotatable bonds is 7. The number of benzene rings is 1. The Balaban J connectivity index is 1.77. The number of ether oxygens (including phenoxy) is 3. The molecule has 0 radical (unpaired) electrons. The van der Waals surface area contributed by atoms with Gasteiger partial charge in [-0.05, 0) is 32.0 Å². The number of nitrogens with zero attached hydrogens (tertiary/aromatic N) is 2. The molecule has 28 heavy (non-hydrogen) atoms. The van der Waals surface area contributed by atoms with Gasteiger partial charge in [-0.15, -0.1) is 11.3 Å².